The second-order valence-corrected chi connectivity index (χ2v) is 7.39. The highest BCUT2D eigenvalue weighted by Crippen LogP contribution is 2.30. The maximum absolute atomic E-state index is 9.10. The number of nitriles is 1. The highest BCUT2D eigenvalue weighted by Gasteiger charge is 2.15. The van der Waals surface area contributed by atoms with Crippen LogP contribution < -0.4 is 5.32 Å². The fraction of sp³-hybridized carbons (Fsp3) is 0.273. The van der Waals surface area contributed by atoms with Crippen LogP contribution in [-0.2, 0) is 6.54 Å². The molecule has 6 nitrogen and oxygen atoms in total. The van der Waals surface area contributed by atoms with Crippen LogP contribution in [-0.4, -0.2) is 46.3 Å². The molecule has 140 valence electrons. The Labute approximate surface area is 163 Å². The van der Waals surface area contributed by atoms with Gasteiger partial charge in [0.25, 0.3) is 0 Å². The van der Waals surface area contributed by atoms with Crippen LogP contribution in [0.15, 0.2) is 42.5 Å². The third-order valence-electron chi connectivity index (χ3n) is 5.53. The van der Waals surface area contributed by atoms with Crippen molar-refractivity contribution < 1.29 is 0 Å². The number of aromatic amines is 2. The van der Waals surface area contributed by atoms with Crippen molar-refractivity contribution in [3.8, 4) is 17.5 Å². The molecule has 0 radical (unpaired) electrons. The van der Waals surface area contributed by atoms with Gasteiger partial charge in [0.05, 0.1) is 22.8 Å². The lowest BCUT2D eigenvalue weighted by molar-refractivity contribution is 0.285. The molecule has 28 heavy (non-hydrogen) atoms. The molecule has 4 aromatic rings. The van der Waals surface area contributed by atoms with Gasteiger partial charge in [0.2, 0.25) is 0 Å². The van der Waals surface area contributed by atoms with Gasteiger partial charge in [-0.2, -0.15) is 10.4 Å². The summed E-state index contributed by atoms with van der Waals surface area (Å²) in [5.74, 6) is 0. The zero-order valence-corrected chi connectivity index (χ0v) is 15.6. The summed E-state index contributed by atoms with van der Waals surface area (Å²) >= 11 is 0. The van der Waals surface area contributed by atoms with Crippen molar-refractivity contribution in [1.82, 2.24) is 25.4 Å². The van der Waals surface area contributed by atoms with E-state index in [-0.39, 0.29) is 0 Å². The minimum atomic E-state index is 0.633. The first-order valence-electron chi connectivity index (χ1n) is 9.74. The maximum Gasteiger partial charge on any atom is 0.116 e. The quantitative estimate of drug-likeness (QED) is 0.516. The van der Waals surface area contributed by atoms with Crippen LogP contribution in [0.4, 0.5) is 0 Å². The second kappa shape index (κ2) is 7.12. The van der Waals surface area contributed by atoms with Crippen molar-refractivity contribution in [2.75, 3.05) is 26.2 Å². The molecule has 2 aromatic carbocycles. The SMILES string of the molecule is N#Cc1ccc2c(-c3cc4c(CN5CCCNCC5)cccc4[nH]3)n[nH]c2c1. The predicted octanol–water partition coefficient (Wildman–Crippen LogP) is 3.38. The van der Waals surface area contributed by atoms with Crippen LogP contribution in [0, 0.1) is 11.3 Å². The van der Waals surface area contributed by atoms with E-state index in [1.807, 2.05) is 18.2 Å². The summed E-state index contributed by atoms with van der Waals surface area (Å²) in [6, 6.07) is 16.5. The van der Waals surface area contributed by atoms with Crippen LogP contribution in [0.25, 0.3) is 33.2 Å². The molecule has 2 aromatic heterocycles. The summed E-state index contributed by atoms with van der Waals surface area (Å²) in [4.78, 5) is 6.05. The fourth-order valence-corrected chi connectivity index (χ4v) is 4.08. The van der Waals surface area contributed by atoms with E-state index in [9.17, 15) is 0 Å². The van der Waals surface area contributed by atoms with E-state index in [2.05, 4.69) is 55.7 Å². The summed E-state index contributed by atoms with van der Waals surface area (Å²) in [6.07, 6.45) is 1.19. The number of benzene rings is 2. The van der Waals surface area contributed by atoms with E-state index in [1.54, 1.807) is 0 Å². The van der Waals surface area contributed by atoms with Crippen molar-refractivity contribution in [1.29, 1.82) is 5.26 Å². The normalized spacial score (nSPS) is 15.7. The van der Waals surface area contributed by atoms with Gasteiger partial charge in [-0.3, -0.25) is 10.00 Å². The number of nitrogens with one attached hydrogen (secondary N) is 3. The molecule has 5 rings (SSSR count). The number of hydrogen-bond donors (Lipinski definition) is 3. The molecule has 0 spiro atoms. The largest absolute Gasteiger partial charge is 0.353 e. The van der Waals surface area contributed by atoms with Gasteiger partial charge in [-0.1, -0.05) is 12.1 Å². The van der Waals surface area contributed by atoms with E-state index in [0.29, 0.717) is 5.56 Å². The van der Waals surface area contributed by atoms with E-state index in [0.717, 1.165) is 60.5 Å². The molecular formula is C22H22N6. The van der Waals surface area contributed by atoms with Gasteiger partial charge in [-0.25, -0.2) is 0 Å². The molecule has 0 saturated carbocycles. The summed E-state index contributed by atoms with van der Waals surface area (Å²) < 4.78 is 0. The summed E-state index contributed by atoms with van der Waals surface area (Å²) in [5.41, 5.74) is 5.87. The van der Waals surface area contributed by atoms with E-state index in [4.69, 9.17) is 5.26 Å². The lowest BCUT2D eigenvalue weighted by Crippen LogP contribution is -2.27. The van der Waals surface area contributed by atoms with Gasteiger partial charge in [0.1, 0.15) is 5.69 Å². The summed E-state index contributed by atoms with van der Waals surface area (Å²) in [6.45, 7) is 5.33. The molecule has 0 atom stereocenters. The summed E-state index contributed by atoms with van der Waals surface area (Å²) in [5, 5.41) is 22.4. The van der Waals surface area contributed by atoms with E-state index < -0.39 is 0 Å². The Bertz CT molecular complexity index is 1170. The van der Waals surface area contributed by atoms with Crippen LogP contribution in [0.3, 0.4) is 0 Å². The molecule has 6 heteroatoms. The fourth-order valence-electron chi connectivity index (χ4n) is 4.08. The van der Waals surface area contributed by atoms with Crippen molar-refractivity contribution >= 4 is 21.8 Å². The topological polar surface area (TPSA) is 83.5 Å². The first-order valence-corrected chi connectivity index (χ1v) is 9.74. The van der Waals surface area contributed by atoms with Gasteiger partial charge >= 0.3 is 0 Å². The Morgan fingerprint density at radius 3 is 2.93 bits per heavy atom. The number of nitrogens with zero attached hydrogens (tertiary/aromatic N) is 3. The lowest BCUT2D eigenvalue weighted by Gasteiger charge is -2.19. The molecule has 1 aliphatic rings. The van der Waals surface area contributed by atoms with Gasteiger partial charge < -0.3 is 10.3 Å². The molecule has 0 aliphatic carbocycles. The lowest BCUT2D eigenvalue weighted by atomic mass is 10.1. The first-order chi connectivity index (χ1) is 13.8. The van der Waals surface area contributed by atoms with Gasteiger partial charge in [0.15, 0.2) is 0 Å². The Hall–Kier alpha value is -3.14. The molecule has 1 aliphatic heterocycles. The van der Waals surface area contributed by atoms with Crippen molar-refractivity contribution in [3.05, 3.63) is 53.6 Å². The van der Waals surface area contributed by atoms with E-state index >= 15 is 0 Å². The first kappa shape index (κ1) is 17.0. The standard InChI is InChI=1S/C22H22N6/c23-13-15-5-6-17-20(11-15)26-27-22(17)21-12-18-16(3-1-4-19(18)25-21)14-28-9-2-7-24-8-10-28/h1,3-6,11-12,24-25H,2,7-10,14H2,(H,26,27). The monoisotopic (exact) mass is 370 g/mol. The highest BCUT2D eigenvalue weighted by atomic mass is 15.1. The van der Waals surface area contributed by atoms with Crippen molar-refractivity contribution in [3.63, 3.8) is 0 Å². The van der Waals surface area contributed by atoms with E-state index in [1.165, 1.54) is 17.4 Å². The predicted molar refractivity (Wildman–Crippen MR) is 111 cm³/mol. The summed E-state index contributed by atoms with van der Waals surface area (Å²) in [7, 11) is 0. The molecule has 3 heterocycles. The van der Waals surface area contributed by atoms with Crippen LogP contribution in [0.5, 0.6) is 0 Å². The van der Waals surface area contributed by atoms with Crippen LogP contribution in [0.1, 0.15) is 17.5 Å². The Kier molecular flexibility index (Phi) is 4.32. The Balaban J connectivity index is 1.53. The van der Waals surface area contributed by atoms with Crippen LogP contribution in [0.2, 0.25) is 0 Å². The number of rotatable bonds is 3. The number of H-pyrrole nitrogens is 2. The number of aromatic nitrogens is 3. The second-order valence-electron chi connectivity index (χ2n) is 7.39. The zero-order chi connectivity index (χ0) is 18.9. The van der Waals surface area contributed by atoms with Crippen molar-refractivity contribution in [2.45, 2.75) is 13.0 Å². The third-order valence-corrected chi connectivity index (χ3v) is 5.53. The van der Waals surface area contributed by atoms with Gasteiger partial charge in [0, 0.05) is 35.9 Å². The molecular weight excluding hydrogens is 348 g/mol. The average molecular weight is 370 g/mol. The van der Waals surface area contributed by atoms with Crippen LogP contribution >= 0.6 is 0 Å². The Morgan fingerprint density at radius 1 is 1.04 bits per heavy atom. The average Bonchev–Trinajstić information content (AvgIpc) is 3.25. The number of hydrogen-bond acceptors (Lipinski definition) is 4. The molecule has 3 N–H and O–H groups in total. The third kappa shape index (κ3) is 3.05. The van der Waals surface area contributed by atoms with Gasteiger partial charge in [-0.05, 0) is 55.4 Å². The Morgan fingerprint density at radius 2 is 2.00 bits per heavy atom. The minimum absolute atomic E-state index is 0.633. The highest BCUT2D eigenvalue weighted by molar-refractivity contribution is 5.96. The zero-order valence-electron chi connectivity index (χ0n) is 15.6. The molecule has 0 bridgehead atoms. The molecule has 0 unspecified atom stereocenters. The maximum atomic E-state index is 9.10. The minimum Gasteiger partial charge on any atom is -0.353 e. The molecule has 1 fully saturated rings. The van der Waals surface area contributed by atoms with Crippen molar-refractivity contribution in [2.24, 2.45) is 0 Å². The smallest absolute Gasteiger partial charge is 0.116 e. The molecule has 0 amide bonds. The molecule has 1 saturated heterocycles. The van der Waals surface area contributed by atoms with Gasteiger partial charge in [-0.15, -0.1) is 0 Å². The number of fused-ring (bicyclic) bond motifs is 2.